The van der Waals surface area contributed by atoms with Crippen molar-refractivity contribution in [2.75, 3.05) is 7.05 Å². The van der Waals surface area contributed by atoms with Crippen LogP contribution in [0.25, 0.3) is 5.69 Å². The van der Waals surface area contributed by atoms with E-state index in [4.69, 9.17) is 11.6 Å². The fourth-order valence-electron chi connectivity index (χ4n) is 4.07. The highest BCUT2D eigenvalue weighted by molar-refractivity contribution is 6.30. The lowest BCUT2D eigenvalue weighted by atomic mass is 9.98. The van der Waals surface area contributed by atoms with Gasteiger partial charge < -0.3 is 10.2 Å². The molecule has 2 aliphatic rings. The molecule has 27 heavy (non-hydrogen) atoms. The van der Waals surface area contributed by atoms with Gasteiger partial charge in [0, 0.05) is 25.2 Å². The lowest BCUT2D eigenvalue weighted by molar-refractivity contribution is 0.0675. The minimum absolute atomic E-state index is 0. The Bertz CT molecular complexity index is 846. The first-order chi connectivity index (χ1) is 12.4. The molecule has 1 aromatic carbocycles. The van der Waals surface area contributed by atoms with E-state index in [0.29, 0.717) is 29.2 Å². The number of piperidine rings is 1. The second kappa shape index (κ2) is 7.73. The Kier molecular flexibility index (Phi) is 5.74. The molecule has 146 valence electrons. The largest absolute Gasteiger partial charge is 0.337 e. The second-order valence-electron chi connectivity index (χ2n) is 7.21. The third kappa shape index (κ3) is 3.68. The standard InChI is InChI=1S/C18H21ClFN5O.ClH/c1-10-17(22-23-25(10)13-5-6-16(20)15(19)9-13)18(26)24(2)14-7-11-3-4-12(8-14)21-11;/h5-6,9,11-12,14,21H,3-4,7-8H2,1-2H3;1H. The molecule has 9 heteroatoms. The Morgan fingerprint density at radius 1 is 1.33 bits per heavy atom. The number of rotatable bonds is 3. The molecule has 0 aliphatic carbocycles. The summed E-state index contributed by atoms with van der Waals surface area (Å²) in [6.45, 7) is 1.78. The molecule has 2 atom stereocenters. The van der Waals surface area contributed by atoms with E-state index in [1.807, 2.05) is 7.05 Å². The number of fused-ring (bicyclic) bond motifs is 2. The maximum Gasteiger partial charge on any atom is 0.276 e. The molecular weight excluding hydrogens is 392 g/mol. The molecule has 6 nitrogen and oxygen atoms in total. The van der Waals surface area contributed by atoms with Crippen LogP contribution in [0.15, 0.2) is 18.2 Å². The van der Waals surface area contributed by atoms with Gasteiger partial charge in [-0.05, 0) is 50.8 Å². The Hall–Kier alpha value is -1.70. The van der Waals surface area contributed by atoms with Crippen molar-refractivity contribution in [1.82, 2.24) is 25.2 Å². The lowest BCUT2D eigenvalue weighted by Crippen LogP contribution is -2.48. The quantitative estimate of drug-likeness (QED) is 0.839. The van der Waals surface area contributed by atoms with E-state index in [2.05, 4.69) is 15.6 Å². The van der Waals surface area contributed by atoms with Gasteiger partial charge in [0.15, 0.2) is 5.69 Å². The molecule has 2 saturated heterocycles. The van der Waals surface area contributed by atoms with Crippen molar-refractivity contribution < 1.29 is 9.18 Å². The normalized spacial score (nSPS) is 23.8. The van der Waals surface area contributed by atoms with Crippen LogP contribution in [0.5, 0.6) is 0 Å². The van der Waals surface area contributed by atoms with Gasteiger partial charge in [0.2, 0.25) is 0 Å². The van der Waals surface area contributed by atoms with Crippen LogP contribution in [0.1, 0.15) is 41.9 Å². The molecule has 4 rings (SSSR count). The van der Waals surface area contributed by atoms with Gasteiger partial charge in [0.25, 0.3) is 5.91 Å². The van der Waals surface area contributed by atoms with Crippen LogP contribution < -0.4 is 5.32 Å². The number of nitrogens with zero attached hydrogens (tertiary/aromatic N) is 4. The number of carbonyl (C=O) groups excluding carboxylic acids is 1. The van der Waals surface area contributed by atoms with Crippen molar-refractivity contribution in [2.45, 2.75) is 50.7 Å². The van der Waals surface area contributed by atoms with Crippen LogP contribution in [0.2, 0.25) is 5.02 Å². The van der Waals surface area contributed by atoms with Crippen LogP contribution in [0.4, 0.5) is 4.39 Å². The van der Waals surface area contributed by atoms with Crippen molar-refractivity contribution in [2.24, 2.45) is 0 Å². The van der Waals surface area contributed by atoms with Crippen molar-refractivity contribution in [3.8, 4) is 5.69 Å². The number of aromatic nitrogens is 3. The number of carbonyl (C=O) groups is 1. The first kappa shape index (κ1) is 20.0. The van der Waals surface area contributed by atoms with Crippen molar-refractivity contribution in [3.05, 3.63) is 40.4 Å². The van der Waals surface area contributed by atoms with Crippen molar-refractivity contribution in [3.63, 3.8) is 0 Å². The highest BCUT2D eigenvalue weighted by Gasteiger charge is 2.37. The number of amides is 1. The molecule has 2 aliphatic heterocycles. The third-order valence-electron chi connectivity index (χ3n) is 5.56. The Morgan fingerprint density at radius 3 is 2.63 bits per heavy atom. The highest BCUT2D eigenvalue weighted by Crippen LogP contribution is 2.30. The van der Waals surface area contributed by atoms with E-state index in [1.165, 1.54) is 29.7 Å². The first-order valence-electron chi connectivity index (χ1n) is 8.85. The molecule has 0 radical (unpaired) electrons. The molecule has 1 aromatic heterocycles. The van der Waals surface area contributed by atoms with Gasteiger partial charge in [0.05, 0.1) is 16.4 Å². The molecule has 0 saturated carbocycles. The van der Waals surface area contributed by atoms with Crippen molar-refractivity contribution in [1.29, 1.82) is 0 Å². The van der Waals surface area contributed by atoms with E-state index in [-0.39, 0.29) is 29.4 Å². The fraction of sp³-hybridized carbons (Fsp3) is 0.500. The smallest absolute Gasteiger partial charge is 0.276 e. The lowest BCUT2D eigenvalue weighted by Gasteiger charge is -2.35. The van der Waals surface area contributed by atoms with Crippen LogP contribution >= 0.6 is 24.0 Å². The summed E-state index contributed by atoms with van der Waals surface area (Å²) in [4.78, 5) is 14.8. The van der Waals surface area contributed by atoms with E-state index in [9.17, 15) is 9.18 Å². The third-order valence-corrected chi connectivity index (χ3v) is 5.85. The van der Waals surface area contributed by atoms with Gasteiger partial charge in [-0.25, -0.2) is 9.07 Å². The molecule has 0 spiro atoms. The SMILES string of the molecule is Cc1c(C(=O)N(C)C2CC3CCC(C2)N3)nnn1-c1ccc(F)c(Cl)c1.Cl. The summed E-state index contributed by atoms with van der Waals surface area (Å²) in [6, 6.07) is 5.54. The summed E-state index contributed by atoms with van der Waals surface area (Å²) in [6.07, 6.45) is 4.31. The zero-order valence-electron chi connectivity index (χ0n) is 15.2. The average molecular weight is 414 g/mol. The maximum absolute atomic E-state index is 13.4. The molecule has 1 N–H and O–H groups in total. The first-order valence-corrected chi connectivity index (χ1v) is 9.22. The topological polar surface area (TPSA) is 63.1 Å². The number of hydrogen-bond donors (Lipinski definition) is 1. The summed E-state index contributed by atoms with van der Waals surface area (Å²) in [5.41, 5.74) is 1.50. The highest BCUT2D eigenvalue weighted by atomic mass is 35.5. The van der Waals surface area contributed by atoms with E-state index >= 15 is 0 Å². The monoisotopic (exact) mass is 413 g/mol. The zero-order valence-corrected chi connectivity index (χ0v) is 16.7. The molecule has 2 bridgehead atoms. The molecule has 2 unspecified atom stereocenters. The Morgan fingerprint density at radius 2 is 2.00 bits per heavy atom. The second-order valence-corrected chi connectivity index (χ2v) is 7.62. The number of halogens is 3. The van der Waals surface area contributed by atoms with Gasteiger partial charge in [-0.3, -0.25) is 4.79 Å². The predicted octanol–water partition coefficient (Wildman–Crippen LogP) is 3.15. The van der Waals surface area contributed by atoms with Crippen LogP contribution in [-0.4, -0.2) is 51.0 Å². The van der Waals surface area contributed by atoms with Crippen LogP contribution in [-0.2, 0) is 0 Å². The van der Waals surface area contributed by atoms with Gasteiger partial charge in [-0.15, -0.1) is 17.5 Å². The van der Waals surface area contributed by atoms with Gasteiger partial charge in [-0.1, -0.05) is 16.8 Å². The van der Waals surface area contributed by atoms with E-state index < -0.39 is 5.82 Å². The van der Waals surface area contributed by atoms with Crippen LogP contribution in [0.3, 0.4) is 0 Å². The number of benzene rings is 1. The van der Waals surface area contributed by atoms with Crippen LogP contribution in [0, 0.1) is 12.7 Å². The summed E-state index contributed by atoms with van der Waals surface area (Å²) < 4.78 is 14.9. The van der Waals surface area contributed by atoms with Gasteiger partial charge >= 0.3 is 0 Å². The minimum Gasteiger partial charge on any atom is -0.337 e. The molecule has 2 fully saturated rings. The fourth-order valence-corrected chi connectivity index (χ4v) is 4.24. The summed E-state index contributed by atoms with van der Waals surface area (Å²) >= 11 is 5.85. The van der Waals surface area contributed by atoms with Gasteiger partial charge in [-0.2, -0.15) is 0 Å². The number of hydrogen-bond acceptors (Lipinski definition) is 4. The molecule has 3 heterocycles. The summed E-state index contributed by atoms with van der Waals surface area (Å²) in [5.74, 6) is -0.627. The molecule has 2 aromatic rings. The van der Waals surface area contributed by atoms with Gasteiger partial charge in [0.1, 0.15) is 5.82 Å². The Balaban J connectivity index is 0.00000210. The molecule has 1 amide bonds. The minimum atomic E-state index is -0.496. The van der Waals surface area contributed by atoms with E-state index in [1.54, 1.807) is 17.9 Å². The zero-order chi connectivity index (χ0) is 18.4. The number of nitrogens with one attached hydrogen (secondary N) is 1. The molecular formula is C18H22Cl2FN5O. The Labute approximate surface area is 168 Å². The predicted molar refractivity (Wildman–Crippen MR) is 103 cm³/mol. The van der Waals surface area contributed by atoms with E-state index in [0.717, 1.165) is 12.8 Å². The summed E-state index contributed by atoms with van der Waals surface area (Å²) in [5, 5.41) is 11.8. The summed E-state index contributed by atoms with van der Waals surface area (Å²) in [7, 11) is 1.84. The maximum atomic E-state index is 13.4. The van der Waals surface area contributed by atoms with Crippen molar-refractivity contribution >= 4 is 29.9 Å². The average Bonchev–Trinajstić information content (AvgIpc) is 3.18.